The fourth-order valence-corrected chi connectivity index (χ4v) is 4.42. The van der Waals surface area contributed by atoms with E-state index in [1.807, 2.05) is 18.2 Å². The molecule has 0 unspecified atom stereocenters. The predicted molar refractivity (Wildman–Crippen MR) is 139 cm³/mol. The van der Waals surface area contributed by atoms with Crippen LogP contribution in [-0.2, 0) is 9.59 Å². The van der Waals surface area contributed by atoms with Gasteiger partial charge in [-0.05, 0) is 61.2 Å². The normalized spacial score (nSPS) is 14.6. The number of carbonyl (C=O) groups excluding carboxylic acids is 2. The Balaban J connectivity index is 1.76. The predicted octanol–water partition coefficient (Wildman–Crippen LogP) is 6.97. The number of carbonyl (C=O) groups is 2. The van der Waals surface area contributed by atoms with Crippen molar-refractivity contribution in [1.82, 2.24) is 4.98 Å². The number of aromatic nitrogens is 1. The van der Waals surface area contributed by atoms with Crippen molar-refractivity contribution in [2.45, 2.75) is 39.0 Å². The first-order valence-electron chi connectivity index (χ1n) is 11.7. The minimum absolute atomic E-state index is 0.0632. The number of pyridine rings is 1. The van der Waals surface area contributed by atoms with Gasteiger partial charge < -0.3 is 10.2 Å². The van der Waals surface area contributed by atoms with Crippen LogP contribution in [0.2, 0.25) is 5.02 Å². The number of allylic oxidation sites excluding steroid dienone is 1. The Morgan fingerprint density at radius 2 is 1.94 bits per heavy atom. The van der Waals surface area contributed by atoms with Crippen LogP contribution in [0.4, 0.5) is 20.2 Å². The van der Waals surface area contributed by atoms with Gasteiger partial charge in [-0.1, -0.05) is 43.7 Å². The summed E-state index contributed by atoms with van der Waals surface area (Å²) < 4.78 is 28.1. The standard InChI is InChI=1S/C28H26ClF2N3O2/c1-4-5-6-16(2)18-7-9-21-22-12-19(30)14-32-27(22)17(3)28(36)34(25(21)11-18)15-26(35)33-20-8-10-23(29)24(31)13-20/h7-14,17H,2,4-6,15H2,1,3H3,(H,33,35)/t17-/m0/s1. The zero-order chi connectivity index (χ0) is 26.0. The third kappa shape index (κ3) is 5.16. The summed E-state index contributed by atoms with van der Waals surface area (Å²) in [6.07, 6.45) is 3.85. The van der Waals surface area contributed by atoms with Crippen molar-refractivity contribution in [2.24, 2.45) is 0 Å². The average molecular weight is 510 g/mol. The van der Waals surface area contributed by atoms with E-state index in [1.54, 1.807) is 6.92 Å². The molecule has 1 N–H and O–H groups in total. The molecule has 0 saturated carbocycles. The lowest BCUT2D eigenvalue weighted by atomic mass is 9.94. The number of hydrogen-bond acceptors (Lipinski definition) is 3. The first-order chi connectivity index (χ1) is 17.2. The Bertz CT molecular complexity index is 1360. The summed E-state index contributed by atoms with van der Waals surface area (Å²) in [7, 11) is 0. The number of hydrogen-bond donors (Lipinski definition) is 1. The second-order valence-corrected chi connectivity index (χ2v) is 9.26. The number of halogens is 3. The highest BCUT2D eigenvalue weighted by molar-refractivity contribution is 6.30. The first-order valence-corrected chi connectivity index (χ1v) is 12.1. The Labute approximate surface area is 213 Å². The van der Waals surface area contributed by atoms with Crippen LogP contribution in [0.1, 0.15) is 50.3 Å². The van der Waals surface area contributed by atoms with E-state index < -0.39 is 23.5 Å². The van der Waals surface area contributed by atoms with Crippen molar-refractivity contribution in [3.8, 4) is 11.1 Å². The molecule has 1 aliphatic rings. The number of fused-ring (bicyclic) bond motifs is 3. The fourth-order valence-electron chi connectivity index (χ4n) is 4.30. The molecule has 5 nitrogen and oxygen atoms in total. The second-order valence-electron chi connectivity index (χ2n) is 8.85. The van der Waals surface area contributed by atoms with Gasteiger partial charge in [0.25, 0.3) is 0 Å². The highest BCUT2D eigenvalue weighted by Gasteiger charge is 2.34. The van der Waals surface area contributed by atoms with E-state index in [0.717, 1.165) is 42.7 Å². The lowest BCUT2D eigenvalue weighted by Crippen LogP contribution is -2.40. The van der Waals surface area contributed by atoms with E-state index in [-0.39, 0.29) is 23.2 Å². The van der Waals surface area contributed by atoms with Crippen LogP contribution < -0.4 is 10.2 Å². The molecule has 4 rings (SSSR count). The van der Waals surface area contributed by atoms with Gasteiger partial charge in [-0.3, -0.25) is 14.6 Å². The number of nitrogens with zero attached hydrogens (tertiary/aromatic N) is 2. The maximum Gasteiger partial charge on any atom is 0.244 e. The van der Waals surface area contributed by atoms with Crippen molar-refractivity contribution in [2.75, 3.05) is 16.8 Å². The van der Waals surface area contributed by atoms with Gasteiger partial charge in [-0.2, -0.15) is 0 Å². The summed E-state index contributed by atoms with van der Waals surface area (Å²) in [5, 5.41) is 2.55. The van der Waals surface area contributed by atoms with Crippen LogP contribution in [0.3, 0.4) is 0 Å². The van der Waals surface area contributed by atoms with Crippen molar-refractivity contribution < 1.29 is 18.4 Å². The largest absolute Gasteiger partial charge is 0.324 e. The van der Waals surface area contributed by atoms with Crippen LogP contribution >= 0.6 is 11.6 Å². The summed E-state index contributed by atoms with van der Waals surface area (Å²) in [4.78, 5) is 32.2. The minimum atomic E-state index is -0.722. The van der Waals surface area contributed by atoms with Crippen LogP contribution in [0.5, 0.6) is 0 Å². The van der Waals surface area contributed by atoms with E-state index in [4.69, 9.17) is 11.6 Å². The molecule has 0 bridgehead atoms. The average Bonchev–Trinajstić information content (AvgIpc) is 2.93. The van der Waals surface area contributed by atoms with E-state index in [2.05, 4.69) is 23.8 Å². The summed E-state index contributed by atoms with van der Waals surface area (Å²) in [5.74, 6) is -2.79. The van der Waals surface area contributed by atoms with E-state index in [1.165, 1.54) is 23.1 Å². The van der Waals surface area contributed by atoms with Crippen LogP contribution in [0.15, 0.2) is 55.2 Å². The number of rotatable bonds is 7. The van der Waals surface area contributed by atoms with E-state index >= 15 is 0 Å². The van der Waals surface area contributed by atoms with Gasteiger partial charge >= 0.3 is 0 Å². The molecule has 36 heavy (non-hydrogen) atoms. The van der Waals surface area contributed by atoms with Gasteiger partial charge in [-0.25, -0.2) is 8.78 Å². The molecule has 186 valence electrons. The third-order valence-electron chi connectivity index (χ3n) is 6.26. The third-order valence-corrected chi connectivity index (χ3v) is 6.56. The van der Waals surface area contributed by atoms with Gasteiger partial charge in [0.1, 0.15) is 18.2 Å². The number of anilines is 2. The SMILES string of the molecule is C=C(CCCC)c1ccc2c(c1)N(CC(=O)Nc1ccc(Cl)c(F)c1)C(=O)[C@@H](C)c1ncc(F)cc1-2. The molecule has 0 radical (unpaired) electrons. The fraction of sp³-hybridized carbons (Fsp3) is 0.250. The topological polar surface area (TPSA) is 62.3 Å². The molecule has 1 aromatic heterocycles. The van der Waals surface area contributed by atoms with Crippen molar-refractivity contribution in [3.63, 3.8) is 0 Å². The molecule has 0 spiro atoms. The van der Waals surface area contributed by atoms with Gasteiger partial charge in [0.2, 0.25) is 11.8 Å². The van der Waals surface area contributed by atoms with E-state index in [9.17, 15) is 18.4 Å². The lowest BCUT2D eigenvalue weighted by molar-refractivity contribution is -0.122. The monoisotopic (exact) mass is 509 g/mol. The first kappa shape index (κ1) is 25.5. The van der Waals surface area contributed by atoms with Crippen molar-refractivity contribution in [1.29, 1.82) is 0 Å². The lowest BCUT2D eigenvalue weighted by Gasteiger charge is -2.25. The summed E-state index contributed by atoms with van der Waals surface area (Å²) in [6.45, 7) is 7.62. The zero-order valence-corrected chi connectivity index (χ0v) is 20.8. The number of amides is 2. The van der Waals surface area contributed by atoms with Crippen LogP contribution in [0, 0.1) is 11.6 Å². The Kier molecular flexibility index (Phi) is 7.50. The smallest absolute Gasteiger partial charge is 0.244 e. The van der Waals surface area contributed by atoms with Crippen LogP contribution in [-0.4, -0.2) is 23.3 Å². The number of benzene rings is 2. The van der Waals surface area contributed by atoms with Crippen molar-refractivity contribution in [3.05, 3.63) is 83.2 Å². The molecule has 2 amide bonds. The highest BCUT2D eigenvalue weighted by atomic mass is 35.5. The molecule has 2 heterocycles. The molecule has 8 heteroatoms. The molecule has 0 saturated heterocycles. The van der Waals surface area contributed by atoms with Gasteiger partial charge in [0.05, 0.1) is 28.5 Å². The highest BCUT2D eigenvalue weighted by Crippen LogP contribution is 2.41. The molecule has 1 atom stereocenters. The Hall–Kier alpha value is -3.58. The van der Waals surface area contributed by atoms with Crippen LogP contribution in [0.25, 0.3) is 16.7 Å². The Morgan fingerprint density at radius 1 is 1.17 bits per heavy atom. The molecule has 3 aromatic rings. The minimum Gasteiger partial charge on any atom is -0.324 e. The zero-order valence-electron chi connectivity index (χ0n) is 20.1. The molecule has 2 aromatic carbocycles. The molecular weight excluding hydrogens is 484 g/mol. The number of nitrogens with one attached hydrogen (secondary N) is 1. The van der Waals surface area contributed by atoms with Crippen molar-refractivity contribution >= 4 is 40.4 Å². The molecular formula is C28H26ClF2N3O2. The molecule has 1 aliphatic heterocycles. The molecule has 0 fully saturated rings. The number of unbranched alkanes of at least 4 members (excludes halogenated alkanes) is 1. The van der Waals surface area contributed by atoms with Gasteiger partial charge in [-0.15, -0.1) is 0 Å². The summed E-state index contributed by atoms with van der Waals surface area (Å²) in [5.41, 5.74) is 3.94. The van der Waals surface area contributed by atoms with E-state index in [0.29, 0.717) is 22.5 Å². The second kappa shape index (κ2) is 10.6. The maximum atomic E-state index is 14.2. The maximum absolute atomic E-state index is 14.2. The summed E-state index contributed by atoms with van der Waals surface area (Å²) in [6, 6.07) is 10.8. The quantitative estimate of drug-likeness (QED) is 0.374. The molecule has 0 aliphatic carbocycles. The summed E-state index contributed by atoms with van der Waals surface area (Å²) >= 11 is 5.73. The Morgan fingerprint density at radius 3 is 2.67 bits per heavy atom. The van der Waals surface area contributed by atoms with Gasteiger partial charge in [0.15, 0.2) is 0 Å². The van der Waals surface area contributed by atoms with Gasteiger partial charge in [0, 0.05) is 16.8 Å².